The monoisotopic (exact) mass is 373 g/mol. The third kappa shape index (κ3) is 1.71. The highest BCUT2D eigenvalue weighted by Gasteiger charge is 2.16. The van der Waals surface area contributed by atoms with Crippen molar-refractivity contribution in [3.8, 4) is 0 Å². The van der Waals surface area contributed by atoms with Crippen molar-refractivity contribution < 1.29 is 0 Å². The van der Waals surface area contributed by atoms with E-state index in [1.165, 1.54) is 58.1 Å². The highest BCUT2D eigenvalue weighted by atomic mass is 32.1. The summed E-state index contributed by atoms with van der Waals surface area (Å²) in [5.41, 5.74) is 2.58. The number of pyridine rings is 1. The predicted molar refractivity (Wildman–Crippen MR) is 123 cm³/mol. The summed E-state index contributed by atoms with van der Waals surface area (Å²) in [5, 5.41) is 9.36. The van der Waals surface area contributed by atoms with E-state index in [0.717, 1.165) is 0 Å². The number of thiophene rings is 1. The molecule has 7 aromatic rings. The minimum atomic E-state index is 1.28. The van der Waals surface area contributed by atoms with Gasteiger partial charge in [0.05, 0.1) is 11.0 Å². The predicted octanol–water partition coefficient (Wildman–Crippen LogP) is 7.77. The van der Waals surface area contributed by atoms with Crippen LogP contribution in [-0.2, 0) is 0 Å². The van der Waals surface area contributed by atoms with Gasteiger partial charge in [0.15, 0.2) is 0 Å². The third-order valence-electron chi connectivity index (χ3n) is 5.96. The minimum Gasteiger partial charge on any atom is -0.315 e. The van der Waals surface area contributed by atoms with Crippen molar-refractivity contribution in [2.75, 3.05) is 0 Å². The topological polar surface area (TPSA) is 4.41 Å². The van der Waals surface area contributed by atoms with Crippen molar-refractivity contribution in [1.29, 1.82) is 0 Å². The molecule has 0 aliphatic carbocycles. The van der Waals surface area contributed by atoms with E-state index in [9.17, 15) is 0 Å². The number of hydrogen-bond donors (Lipinski definition) is 0. The van der Waals surface area contributed by atoms with Gasteiger partial charge in [-0.05, 0) is 23.6 Å². The first-order chi connectivity index (χ1) is 13.9. The van der Waals surface area contributed by atoms with Gasteiger partial charge >= 0.3 is 0 Å². The van der Waals surface area contributed by atoms with Crippen LogP contribution in [0, 0.1) is 0 Å². The molecule has 7 rings (SSSR count). The number of hydrogen-bond acceptors (Lipinski definition) is 1. The quantitative estimate of drug-likeness (QED) is 0.239. The van der Waals surface area contributed by atoms with Crippen LogP contribution >= 0.6 is 11.3 Å². The average molecular weight is 373 g/mol. The zero-order valence-corrected chi connectivity index (χ0v) is 15.8. The fraction of sp³-hybridized carbons (Fsp3) is 0. The molecule has 0 amide bonds. The van der Waals surface area contributed by atoms with Crippen molar-refractivity contribution in [3.05, 3.63) is 91.1 Å². The van der Waals surface area contributed by atoms with Crippen LogP contribution in [-0.4, -0.2) is 4.40 Å². The van der Waals surface area contributed by atoms with Crippen LogP contribution in [0.3, 0.4) is 0 Å². The van der Waals surface area contributed by atoms with Gasteiger partial charge in [-0.3, -0.25) is 0 Å². The average Bonchev–Trinajstić information content (AvgIpc) is 3.32. The van der Waals surface area contributed by atoms with Crippen molar-refractivity contribution in [2.24, 2.45) is 0 Å². The van der Waals surface area contributed by atoms with Crippen LogP contribution in [0.4, 0.5) is 0 Å². The first-order valence-electron chi connectivity index (χ1n) is 9.55. The number of nitrogens with zero attached hydrogens (tertiary/aromatic N) is 1. The standard InChI is InChI=1S/C26H15NS/c1-2-8-17-16(7-1)15-27-21-13-14-23-25(20-11-5-6-12-22(20)28-23)24(21)18-9-3-4-10-19(18)26(17)27/h1-15H. The van der Waals surface area contributed by atoms with Gasteiger partial charge in [0.25, 0.3) is 0 Å². The molecule has 0 saturated heterocycles. The Kier molecular flexibility index (Phi) is 2.68. The van der Waals surface area contributed by atoms with Crippen molar-refractivity contribution in [1.82, 2.24) is 4.40 Å². The van der Waals surface area contributed by atoms with Gasteiger partial charge in [-0.1, -0.05) is 66.7 Å². The van der Waals surface area contributed by atoms with E-state index < -0.39 is 0 Å². The summed E-state index contributed by atoms with van der Waals surface area (Å²) in [6.45, 7) is 0. The van der Waals surface area contributed by atoms with E-state index in [1.54, 1.807) is 0 Å². The Morgan fingerprint density at radius 2 is 1.25 bits per heavy atom. The normalized spacial score (nSPS) is 12.3. The van der Waals surface area contributed by atoms with Gasteiger partial charge in [0.1, 0.15) is 0 Å². The molecule has 3 heterocycles. The van der Waals surface area contributed by atoms with E-state index in [2.05, 4.69) is 95.5 Å². The molecule has 0 aliphatic heterocycles. The largest absolute Gasteiger partial charge is 0.315 e. The number of aromatic nitrogens is 1. The van der Waals surface area contributed by atoms with Gasteiger partial charge in [-0.15, -0.1) is 11.3 Å². The second kappa shape index (κ2) is 5.12. The molecule has 130 valence electrons. The van der Waals surface area contributed by atoms with Gasteiger partial charge < -0.3 is 4.40 Å². The Morgan fingerprint density at radius 3 is 2.14 bits per heavy atom. The molecule has 0 spiro atoms. The summed E-state index contributed by atoms with van der Waals surface area (Å²) in [6.07, 6.45) is 2.29. The number of benzene rings is 4. The molecular formula is C26H15NS. The van der Waals surface area contributed by atoms with Crippen LogP contribution in [0.15, 0.2) is 91.1 Å². The molecule has 2 heteroatoms. The Bertz CT molecular complexity index is 1720. The lowest BCUT2D eigenvalue weighted by atomic mass is 9.99. The summed E-state index contributed by atoms with van der Waals surface area (Å²) < 4.78 is 5.11. The van der Waals surface area contributed by atoms with E-state index in [1.807, 2.05) is 11.3 Å². The lowest BCUT2D eigenvalue weighted by Gasteiger charge is -2.11. The Balaban J connectivity index is 1.90. The fourth-order valence-electron chi connectivity index (χ4n) is 4.81. The lowest BCUT2D eigenvalue weighted by molar-refractivity contribution is 1.30. The maximum Gasteiger partial charge on any atom is 0.0613 e. The van der Waals surface area contributed by atoms with E-state index in [-0.39, 0.29) is 0 Å². The van der Waals surface area contributed by atoms with Gasteiger partial charge in [0.2, 0.25) is 0 Å². The summed E-state index contributed by atoms with van der Waals surface area (Å²) >= 11 is 1.89. The summed E-state index contributed by atoms with van der Waals surface area (Å²) in [7, 11) is 0. The minimum absolute atomic E-state index is 1.28. The molecule has 28 heavy (non-hydrogen) atoms. The first-order valence-corrected chi connectivity index (χ1v) is 10.4. The molecule has 0 saturated carbocycles. The summed E-state index contributed by atoms with van der Waals surface area (Å²) in [6, 6.07) is 30.9. The second-order valence-electron chi connectivity index (χ2n) is 7.41. The zero-order valence-electron chi connectivity index (χ0n) is 15.0. The van der Waals surface area contributed by atoms with Crippen LogP contribution < -0.4 is 0 Å². The number of rotatable bonds is 0. The molecule has 0 unspecified atom stereocenters. The molecule has 3 aromatic heterocycles. The second-order valence-corrected chi connectivity index (χ2v) is 8.50. The third-order valence-corrected chi connectivity index (χ3v) is 7.09. The summed E-state index contributed by atoms with van der Waals surface area (Å²) in [5.74, 6) is 0. The van der Waals surface area contributed by atoms with Crippen LogP contribution in [0.25, 0.3) is 58.1 Å². The van der Waals surface area contributed by atoms with Crippen molar-refractivity contribution in [2.45, 2.75) is 0 Å². The fourth-order valence-corrected chi connectivity index (χ4v) is 5.92. The van der Waals surface area contributed by atoms with Crippen molar-refractivity contribution in [3.63, 3.8) is 0 Å². The molecule has 0 radical (unpaired) electrons. The molecule has 0 atom stereocenters. The van der Waals surface area contributed by atoms with Gasteiger partial charge in [0, 0.05) is 47.9 Å². The maximum absolute atomic E-state index is 2.40. The first kappa shape index (κ1) is 14.7. The lowest BCUT2D eigenvalue weighted by Crippen LogP contribution is -1.90. The van der Waals surface area contributed by atoms with E-state index in [0.29, 0.717) is 0 Å². The molecular weight excluding hydrogens is 358 g/mol. The maximum atomic E-state index is 2.40. The smallest absolute Gasteiger partial charge is 0.0613 e. The molecule has 0 fully saturated rings. The van der Waals surface area contributed by atoms with Crippen LogP contribution in [0.1, 0.15) is 0 Å². The van der Waals surface area contributed by atoms with E-state index in [4.69, 9.17) is 0 Å². The molecule has 0 bridgehead atoms. The molecule has 0 aliphatic rings. The highest BCUT2D eigenvalue weighted by molar-refractivity contribution is 7.26. The van der Waals surface area contributed by atoms with Crippen molar-refractivity contribution >= 4 is 69.5 Å². The molecule has 1 nitrogen and oxygen atoms in total. The van der Waals surface area contributed by atoms with Crippen LogP contribution in [0.5, 0.6) is 0 Å². The Labute approximate surface area is 165 Å². The summed E-state index contributed by atoms with van der Waals surface area (Å²) in [4.78, 5) is 0. The van der Waals surface area contributed by atoms with E-state index >= 15 is 0 Å². The SMILES string of the molecule is c1ccc2c(c1)cn1c3ccc4sc5ccccc5c4c3c3ccccc3c21. The molecule has 0 N–H and O–H groups in total. The van der Waals surface area contributed by atoms with Gasteiger partial charge in [-0.2, -0.15) is 0 Å². The Morgan fingerprint density at radius 1 is 0.536 bits per heavy atom. The zero-order chi connectivity index (χ0) is 18.2. The van der Waals surface area contributed by atoms with Gasteiger partial charge in [-0.25, -0.2) is 0 Å². The number of fused-ring (bicyclic) bond motifs is 12. The Hall–Kier alpha value is -3.36. The van der Waals surface area contributed by atoms with Crippen LogP contribution in [0.2, 0.25) is 0 Å². The highest BCUT2D eigenvalue weighted by Crippen LogP contribution is 2.43. The molecule has 4 aromatic carbocycles.